The van der Waals surface area contributed by atoms with Crippen molar-refractivity contribution in [3.05, 3.63) is 60.2 Å². The summed E-state index contributed by atoms with van der Waals surface area (Å²) < 4.78 is 22.6. The minimum absolute atomic E-state index is 0.224. The Balaban J connectivity index is 1.46. The van der Waals surface area contributed by atoms with E-state index in [1.165, 1.54) is 6.08 Å². The average molecular weight is 343 g/mol. The Kier molecular flexibility index (Phi) is 5.28. The maximum atomic E-state index is 12.0. The van der Waals surface area contributed by atoms with Crippen molar-refractivity contribution in [1.29, 1.82) is 0 Å². The van der Waals surface area contributed by atoms with Gasteiger partial charge in [0.15, 0.2) is 11.5 Å². The van der Waals surface area contributed by atoms with Crippen LogP contribution in [-0.2, 0) is 15.6 Å². The number of ether oxygens (including phenoxy) is 2. The first-order valence-corrected chi connectivity index (χ1v) is 8.83. The summed E-state index contributed by atoms with van der Waals surface area (Å²) in [6.45, 7) is 0.577. The molecule has 0 saturated heterocycles. The van der Waals surface area contributed by atoms with E-state index in [4.69, 9.17) is 9.47 Å². The zero-order chi connectivity index (χ0) is 16.8. The smallest absolute Gasteiger partial charge is 0.244 e. The molecule has 24 heavy (non-hydrogen) atoms. The molecule has 1 aliphatic rings. The Morgan fingerprint density at radius 1 is 1.12 bits per heavy atom. The van der Waals surface area contributed by atoms with E-state index in [2.05, 4.69) is 5.32 Å². The highest BCUT2D eigenvalue weighted by atomic mass is 32.2. The van der Waals surface area contributed by atoms with E-state index >= 15 is 0 Å². The SMILES string of the molecule is O=C(/C=C\c1ccc2c(c1)OCO2)NCC[S@](=O)c1ccccc1. The third kappa shape index (κ3) is 4.23. The molecule has 1 atom stereocenters. The van der Waals surface area contributed by atoms with Crippen molar-refractivity contribution < 1.29 is 18.5 Å². The van der Waals surface area contributed by atoms with Gasteiger partial charge in [0.05, 0.1) is 10.8 Å². The van der Waals surface area contributed by atoms with E-state index in [1.807, 2.05) is 48.5 Å². The Morgan fingerprint density at radius 2 is 1.92 bits per heavy atom. The zero-order valence-corrected chi connectivity index (χ0v) is 13.8. The highest BCUT2D eigenvalue weighted by molar-refractivity contribution is 7.85. The summed E-state index contributed by atoms with van der Waals surface area (Å²) in [5, 5.41) is 2.73. The number of nitrogens with one attached hydrogen (secondary N) is 1. The molecule has 1 heterocycles. The number of carbonyl (C=O) groups excluding carboxylic acids is 1. The minimum atomic E-state index is -1.11. The third-order valence-electron chi connectivity index (χ3n) is 3.42. The lowest BCUT2D eigenvalue weighted by atomic mass is 10.2. The predicted octanol–water partition coefficient (Wildman–Crippen LogP) is 2.35. The minimum Gasteiger partial charge on any atom is -0.454 e. The molecule has 1 amide bonds. The topological polar surface area (TPSA) is 64.6 Å². The quantitative estimate of drug-likeness (QED) is 0.818. The molecule has 0 spiro atoms. The summed E-state index contributed by atoms with van der Waals surface area (Å²) in [5.74, 6) is 1.54. The monoisotopic (exact) mass is 343 g/mol. The van der Waals surface area contributed by atoms with Gasteiger partial charge in [-0.05, 0) is 35.9 Å². The third-order valence-corrected chi connectivity index (χ3v) is 4.79. The molecule has 2 aromatic rings. The zero-order valence-electron chi connectivity index (χ0n) is 12.9. The second-order valence-corrected chi connectivity index (χ2v) is 6.67. The van der Waals surface area contributed by atoms with E-state index in [0.717, 1.165) is 10.5 Å². The molecule has 1 N–H and O–H groups in total. The van der Waals surface area contributed by atoms with Gasteiger partial charge in [-0.25, -0.2) is 0 Å². The number of amides is 1. The molecular weight excluding hydrogens is 326 g/mol. The van der Waals surface area contributed by atoms with Gasteiger partial charge in [-0.1, -0.05) is 24.3 Å². The summed E-state index contributed by atoms with van der Waals surface area (Å²) in [5.41, 5.74) is 0.849. The lowest BCUT2D eigenvalue weighted by molar-refractivity contribution is -0.116. The molecule has 6 heteroatoms. The Hall–Kier alpha value is -2.60. The largest absolute Gasteiger partial charge is 0.454 e. The van der Waals surface area contributed by atoms with E-state index < -0.39 is 10.8 Å². The molecule has 0 unspecified atom stereocenters. The maximum absolute atomic E-state index is 12.0. The average Bonchev–Trinajstić information content (AvgIpc) is 3.08. The van der Waals surface area contributed by atoms with Crippen molar-refractivity contribution in [1.82, 2.24) is 5.32 Å². The number of rotatable bonds is 6. The number of carbonyl (C=O) groups is 1. The molecule has 5 nitrogen and oxygen atoms in total. The van der Waals surface area contributed by atoms with Gasteiger partial charge in [0, 0.05) is 23.3 Å². The van der Waals surface area contributed by atoms with Gasteiger partial charge in [-0.3, -0.25) is 9.00 Å². The first-order valence-electron chi connectivity index (χ1n) is 7.51. The summed E-state index contributed by atoms with van der Waals surface area (Å²) in [7, 11) is -1.11. The van der Waals surface area contributed by atoms with Gasteiger partial charge in [0.25, 0.3) is 0 Å². The Morgan fingerprint density at radius 3 is 2.75 bits per heavy atom. The number of hydrogen-bond donors (Lipinski definition) is 1. The van der Waals surface area contributed by atoms with Gasteiger partial charge in [0.1, 0.15) is 0 Å². The van der Waals surface area contributed by atoms with Crippen LogP contribution in [0.25, 0.3) is 6.08 Å². The molecule has 0 radical (unpaired) electrons. The number of benzene rings is 2. The second kappa shape index (κ2) is 7.79. The maximum Gasteiger partial charge on any atom is 0.244 e. The molecule has 124 valence electrons. The normalized spacial score (nSPS) is 13.8. The second-order valence-electron chi connectivity index (χ2n) is 5.10. The van der Waals surface area contributed by atoms with Crippen molar-refractivity contribution >= 4 is 22.8 Å². The lowest BCUT2D eigenvalue weighted by Crippen LogP contribution is -2.25. The molecule has 1 aliphatic heterocycles. The van der Waals surface area contributed by atoms with Crippen LogP contribution in [0.2, 0.25) is 0 Å². The van der Waals surface area contributed by atoms with E-state index in [9.17, 15) is 9.00 Å². The summed E-state index contributed by atoms with van der Waals surface area (Å²) in [6, 6.07) is 14.7. The van der Waals surface area contributed by atoms with Crippen LogP contribution in [0.15, 0.2) is 59.5 Å². The van der Waals surface area contributed by atoms with Gasteiger partial charge in [-0.2, -0.15) is 0 Å². The van der Waals surface area contributed by atoms with Crippen molar-refractivity contribution in [2.75, 3.05) is 19.1 Å². The van der Waals surface area contributed by atoms with Crippen LogP contribution in [0.5, 0.6) is 11.5 Å². The molecule has 0 saturated carbocycles. The highest BCUT2D eigenvalue weighted by Crippen LogP contribution is 2.32. The van der Waals surface area contributed by atoms with Crippen LogP contribution in [0, 0.1) is 0 Å². The molecule has 0 aromatic heterocycles. The van der Waals surface area contributed by atoms with E-state index in [-0.39, 0.29) is 12.7 Å². The van der Waals surface area contributed by atoms with Crippen LogP contribution in [-0.4, -0.2) is 29.2 Å². The fraction of sp³-hybridized carbons (Fsp3) is 0.167. The highest BCUT2D eigenvalue weighted by Gasteiger charge is 2.12. The van der Waals surface area contributed by atoms with Crippen molar-refractivity contribution in [3.63, 3.8) is 0 Å². The standard InChI is InChI=1S/C18H17NO4S/c20-18(19-10-11-24(21)15-4-2-1-3-5-15)9-7-14-6-8-16-17(12-14)23-13-22-16/h1-9,12H,10-11,13H2,(H,19,20)/b9-7-/t24-/m0/s1. The molecule has 3 rings (SSSR count). The predicted molar refractivity (Wildman–Crippen MR) is 92.3 cm³/mol. The van der Waals surface area contributed by atoms with Crippen molar-refractivity contribution in [2.24, 2.45) is 0 Å². The van der Waals surface area contributed by atoms with Gasteiger partial charge < -0.3 is 14.8 Å². The van der Waals surface area contributed by atoms with Crippen molar-refractivity contribution in [2.45, 2.75) is 4.90 Å². The van der Waals surface area contributed by atoms with Crippen LogP contribution in [0.3, 0.4) is 0 Å². The fourth-order valence-corrected chi connectivity index (χ4v) is 3.19. The van der Waals surface area contributed by atoms with Crippen LogP contribution < -0.4 is 14.8 Å². The van der Waals surface area contributed by atoms with Crippen LogP contribution in [0.4, 0.5) is 0 Å². The fourth-order valence-electron chi connectivity index (χ4n) is 2.20. The van der Waals surface area contributed by atoms with Crippen molar-refractivity contribution in [3.8, 4) is 11.5 Å². The van der Waals surface area contributed by atoms with Gasteiger partial charge in [0.2, 0.25) is 12.7 Å². The molecule has 0 bridgehead atoms. The Bertz CT molecular complexity index is 774. The molecule has 0 aliphatic carbocycles. The Labute approximate surface area is 142 Å². The van der Waals surface area contributed by atoms with Gasteiger partial charge in [-0.15, -0.1) is 0 Å². The molecular formula is C18H17NO4S. The summed E-state index contributed by atoms with van der Waals surface area (Å²) >= 11 is 0. The van der Waals surface area contributed by atoms with E-state index in [1.54, 1.807) is 6.08 Å². The number of hydrogen-bond acceptors (Lipinski definition) is 4. The summed E-state index contributed by atoms with van der Waals surface area (Å²) in [6.07, 6.45) is 3.15. The van der Waals surface area contributed by atoms with Gasteiger partial charge >= 0.3 is 0 Å². The molecule has 2 aromatic carbocycles. The van der Waals surface area contributed by atoms with Crippen LogP contribution in [0.1, 0.15) is 5.56 Å². The van der Waals surface area contributed by atoms with Crippen LogP contribution >= 0.6 is 0 Å². The molecule has 0 fully saturated rings. The summed E-state index contributed by atoms with van der Waals surface area (Å²) in [4.78, 5) is 12.6. The van der Waals surface area contributed by atoms with E-state index in [0.29, 0.717) is 23.8 Å². The lowest BCUT2D eigenvalue weighted by Gasteiger charge is -2.03. The first-order chi connectivity index (χ1) is 11.7. The number of fused-ring (bicyclic) bond motifs is 1. The first kappa shape index (κ1) is 16.3.